The first-order chi connectivity index (χ1) is 10.3. The summed E-state index contributed by atoms with van der Waals surface area (Å²) in [5.74, 6) is -1.35. The Morgan fingerprint density at radius 1 is 1.45 bits per heavy atom. The van der Waals surface area contributed by atoms with Gasteiger partial charge in [-0.05, 0) is 31.0 Å². The Morgan fingerprint density at radius 3 is 2.64 bits per heavy atom. The third-order valence-electron chi connectivity index (χ3n) is 3.98. The Hall–Kier alpha value is -1.31. The Kier molecular flexibility index (Phi) is 4.99. The van der Waals surface area contributed by atoms with Gasteiger partial charge in [-0.15, -0.1) is 0 Å². The van der Waals surface area contributed by atoms with Crippen molar-refractivity contribution in [3.8, 4) is 5.75 Å². The number of carboxylic acids is 1. The average molecular weight is 348 g/mol. The van der Waals surface area contributed by atoms with E-state index in [0.29, 0.717) is 29.2 Å². The Morgan fingerprint density at radius 2 is 2.14 bits per heavy atom. The molecule has 1 saturated carbocycles. The van der Waals surface area contributed by atoms with Crippen molar-refractivity contribution in [1.29, 1.82) is 0 Å². The minimum atomic E-state index is -3.68. The van der Waals surface area contributed by atoms with Gasteiger partial charge in [-0.1, -0.05) is 11.6 Å². The lowest BCUT2D eigenvalue weighted by Crippen LogP contribution is -2.48. The third kappa shape index (κ3) is 3.21. The van der Waals surface area contributed by atoms with Crippen LogP contribution in [0.2, 0.25) is 5.02 Å². The molecule has 1 aromatic rings. The summed E-state index contributed by atoms with van der Waals surface area (Å²) in [4.78, 5) is 11.0. The van der Waals surface area contributed by atoms with Crippen molar-refractivity contribution in [3.05, 3.63) is 28.8 Å². The van der Waals surface area contributed by atoms with Crippen LogP contribution in [0.3, 0.4) is 0 Å². The summed E-state index contributed by atoms with van der Waals surface area (Å²) < 4.78 is 31.4. The Balaban J connectivity index is 2.20. The molecule has 0 aliphatic heterocycles. The second-order valence-electron chi connectivity index (χ2n) is 5.32. The number of benzene rings is 1. The molecule has 1 N–H and O–H groups in total. The first-order valence-corrected chi connectivity index (χ1v) is 8.66. The average Bonchev–Trinajstić information content (AvgIpc) is 2.36. The van der Waals surface area contributed by atoms with Crippen LogP contribution < -0.4 is 4.74 Å². The van der Waals surface area contributed by atoms with Crippen molar-refractivity contribution >= 4 is 27.6 Å². The molecule has 122 valence electrons. The van der Waals surface area contributed by atoms with Crippen LogP contribution in [0.5, 0.6) is 5.75 Å². The van der Waals surface area contributed by atoms with Gasteiger partial charge in [0.05, 0.1) is 18.3 Å². The van der Waals surface area contributed by atoms with Crippen molar-refractivity contribution < 1.29 is 23.1 Å². The van der Waals surface area contributed by atoms with Gasteiger partial charge in [0.1, 0.15) is 5.75 Å². The Bertz CT molecular complexity index is 676. The Labute approximate surface area is 134 Å². The molecule has 1 aliphatic rings. The maximum atomic E-state index is 12.5. The number of nitrogens with zero attached hydrogens (tertiary/aromatic N) is 1. The molecule has 0 bridgehead atoms. The van der Waals surface area contributed by atoms with Crippen LogP contribution in [0.1, 0.15) is 18.4 Å². The van der Waals surface area contributed by atoms with E-state index in [0.717, 1.165) is 0 Å². The van der Waals surface area contributed by atoms with Crippen molar-refractivity contribution in [3.63, 3.8) is 0 Å². The monoisotopic (exact) mass is 347 g/mol. The SMILES string of the molecule is COc1ccc(Cl)cc1CN(C)S(=O)(=O)C1CCC1C(=O)O. The molecule has 2 rings (SSSR count). The van der Waals surface area contributed by atoms with E-state index < -0.39 is 27.2 Å². The smallest absolute Gasteiger partial charge is 0.307 e. The molecule has 1 aromatic carbocycles. The van der Waals surface area contributed by atoms with Gasteiger partial charge in [0.15, 0.2) is 0 Å². The molecule has 1 aliphatic carbocycles. The fourth-order valence-electron chi connectivity index (χ4n) is 2.54. The molecule has 1 fully saturated rings. The predicted octanol–water partition coefficient (Wildman–Crippen LogP) is 1.97. The van der Waals surface area contributed by atoms with E-state index in [-0.39, 0.29) is 6.54 Å². The number of aliphatic carboxylic acids is 1. The van der Waals surface area contributed by atoms with Crippen LogP contribution in [0.25, 0.3) is 0 Å². The van der Waals surface area contributed by atoms with Crippen LogP contribution in [-0.2, 0) is 21.4 Å². The third-order valence-corrected chi connectivity index (χ3v) is 6.54. The van der Waals surface area contributed by atoms with Crippen LogP contribution in [0, 0.1) is 5.92 Å². The van der Waals surface area contributed by atoms with Crippen LogP contribution >= 0.6 is 11.6 Å². The molecular formula is C14H18ClNO5S. The summed E-state index contributed by atoms with van der Waals surface area (Å²) in [6, 6.07) is 4.97. The number of ether oxygens (including phenoxy) is 1. The van der Waals surface area contributed by atoms with E-state index >= 15 is 0 Å². The zero-order valence-corrected chi connectivity index (χ0v) is 13.9. The van der Waals surface area contributed by atoms with Gasteiger partial charge in [0.25, 0.3) is 0 Å². The second kappa shape index (κ2) is 6.44. The van der Waals surface area contributed by atoms with Crippen molar-refractivity contribution in [1.82, 2.24) is 4.31 Å². The predicted molar refractivity (Wildman–Crippen MR) is 82.5 cm³/mol. The molecule has 0 spiro atoms. The molecule has 0 aromatic heterocycles. The molecular weight excluding hydrogens is 330 g/mol. The number of carbonyl (C=O) groups is 1. The highest BCUT2D eigenvalue weighted by atomic mass is 35.5. The number of hydrogen-bond donors (Lipinski definition) is 1. The van der Waals surface area contributed by atoms with E-state index in [1.165, 1.54) is 18.5 Å². The highest BCUT2D eigenvalue weighted by Crippen LogP contribution is 2.36. The number of methoxy groups -OCH3 is 1. The molecule has 2 atom stereocenters. The first-order valence-electron chi connectivity index (χ1n) is 6.77. The minimum absolute atomic E-state index is 0.0783. The highest BCUT2D eigenvalue weighted by Gasteiger charge is 2.46. The summed E-state index contributed by atoms with van der Waals surface area (Å²) >= 11 is 5.94. The summed E-state index contributed by atoms with van der Waals surface area (Å²) in [6.45, 7) is 0.0783. The van der Waals surface area contributed by atoms with Crippen molar-refractivity contribution in [2.45, 2.75) is 24.6 Å². The zero-order valence-electron chi connectivity index (χ0n) is 12.3. The summed E-state index contributed by atoms with van der Waals surface area (Å²) in [6.07, 6.45) is 0.768. The van der Waals surface area contributed by atoms with Gasteiger partial charge in [-0.25, -0.2) is 12.7 Å². The van der Waals surface area contributed by atoms with Gasteiger partial charge >= 0.3 is 5.97 Å². The van der Waals surface area contributed by atoms with Crippen LogP contribution in [0.4, 0.5) is 0 Å². The van der Waals surface area contributed by atoms with Gasteiger partial charge in [-0.3, -0.25) is 4.79 Å². The summed E-state index contributed by atoms with van der Waals surface area (Å²) in [5.41, 5.74) is 0.632. The van der Waals surface area contributed by atoms with Gasteiger partial charge in [-0.2, -0.15) is 0 Å². The highest BCUT2D eigenvalue weighted by molar-refractivity contribution is 7.89. The maximum absolute atomic E-state index is 12.5. The zero-order chi connectivity index (χ0) is 16.5. The maximum Gasteiger partial charge on any atom is 0.307 e. The summed E-state index contributed by atoms with van der Waals surface area (Å²) in [7, 11) is -0.748. The largest absolute Gasteiger partial charge is 0.496 e. The second-order valence-corrected chi connectivity index (χ2v) is 8.01. The quantitative estimate of drug-likeness (QED) is 0.850. The number of halogens is 1. The lowest BCUT2D eigenvalue weighted by atomic mass is 9.85. The molecule has 0 heterocycles. The lowest BCUT2D eigenvalue weighted by molar-refractivity contribution is -0.144. The number of sulfonamides is 1. The molecule has 6 nitrogen and oxygen atoms in total. The van der Waals surface area contributed by atoms with E-state index in [2.05, 4.69) is 0 Å². The standard InChI is InChI=1S/C14H18ClNO5S/c1-16(8-9-7-10(15)3-5-12(9)21-2)22(19,20)13-6-4-11(13)14(17)18/h3,5,7,11,13H,4,6,8H2,1-2H3,(H,17,18). The minimum Gasteiger partial charge on any atom is -0.496 e. The molecule has 0 radical (unpaired) electrons. The van der Waals surface area contributed by atoms with Gasteiger partial charge in [0, 0.05) is 24.2 Å². The van der Waals surface area contributed by atoms with E-state index in [1.807, 2.05) is 0 Å². The first kappa shape index (κ1) is 17.1. The van der Waals surface area contributed by atoms with Gasteiger partial charge in [0.2, 0.25) is 10.0 Å². The lowest BCUT2D eigenvalue weighted by Gasteiger charge is -2.35. The molecule has 2 unspecified atom stereocenters. The number of hydrogen-bond acceptors (Lipinski definition) is 4. The summed E-state index contributed by atoms with van der Waals surface area (Å²) in [5, 5.41) is 8.66. The number of carboxylic acid groups (broad SMARTS) is 1. The van der Waals surface area contributed by atoms with E-state index in [1.54, 1.807) is 18.2 Å². The topological polar surface area (TPSA) is 83.9 Å². The molecule has 0 amide bonds. The number of rotatable bonds is 6. The van der Waals surface area contributed by atoms with Crippen molar-refractivity contribution in [2.24, 2.45) is 5.92 Å². The fraction of sp³-hybridized carbons (Fsp3) is 0.500. The van der Waals surface area contributed by atoms with E-state index in [9.17, 15) is 13.2 Å². The molecule has 22 heavy (non-hydrogen) atoms. The van der Waals surface area contributed by atoms with E-state index in [4.69, 9.17) is 21.4 Å². The van der Waals surface area contributed by atoms with Crippen molar-refractivity contribution in [2.75, 3.05) is 14.2 Å². The molecule has 0 saturated heterocycles. The van der Waals surface area contributed by atoms with Crippen LogP contribution in [-0.4, -0.2) is 43.2 Å². The molecule has 8 heteroatoms. The fourth-order valence-corrected chi connectivity index (χ4v) is 4.62. The van der Waals surface area contributed by atoms with Crippen LogP contribution in [0.15, 0.2) is 18.2 Å². The normalized spacial score (nSPS) is 21.5. The van der Waals surface area contributed by atoms with Gasteiger partial charge < -0.3 is 9.84 Å².